The Balaban J connectivity index is 0.00000441. The monoisotopic (exact) mass is 404 g/mol. The van der Waals surface area contributed by atoms with Crippen molar-refractivity contribution in [2.24, 2.45) is 5.73 Å². The van der Waals surface area contributed by atoms with E-state index in [-0.39, 0.29) is 23.5 Å². The molecule has 0 aromatic heterocycles. The van der Waals surface area contributed by atoms with E-state index in [1.54, 1.807) is 0 Å². The highest BCUT2D eigenvalue weighted by atomic mass is 79.9. The van der Waals surface area contributed by atoms with Gasteiger partial charge in [0.15, 0.2) is 5.75 Å². The molecule has 0 aliphatic rings. The summed E-state index contributed by atoms with van der Waals surface area (Å²) in [6.45, 7) is 1.05. The summed E-state index contributed by atoms with van der Waals surface area (Å²) >= 11 is 2.89. The predicted molar refractivity (Wildman–Crippen MR) is 78.2 cm³/mol. The summed E-state index contributed by atoms with van der Waals surface area (Å²) in [7, 11) is 0. The van der Waals surface area contributed by atoms with Crippen LogP contribution in [0.15, 0.2) is 16.6 Å². The summed E-state index contributed by atoms with van der Waals surface area (Å²) in [5.41, 5.74) is 3.83. The van der Waals surface area contributed by atoms with Gasteiger partial charge in [0.25, 0.3) is 0 Å². The second kappa shape index (κ2) is 7.65. The van der Waals surface area contributed by atoms with Crippen molar-refractivity contribution in [3.63, 3.8) is 0 Å². The van der Waals surface area contributed by atoms with E-state index in [1.165, 1.54) is 6.92 Å². The van der Waals surface area contributed by atoms with Gasteiger partial charge >= 0.3 is 17.6 Å². The second-order valence-corrected chi connectivity index (χ2v) is 4.86. The van der Waals surface area contributed by atoms with E-state index < -0.39 is 39.9 Å². The van der Waals surface area contributed by atoms with Crippen molar-refractivity contribution in [2.75, 3.05) is 6.61 Å². The maximum absolute atomic E-state index is 13.8. The molecule has 0 fully saturated rings. The third-order valence-corrected chi connectivity index (χ3v) is 3.01. The Kier molecular flexibility index (Phi) is 7.13. The first-order chi connectivity index (χ1) is 9.62. The van der Waals surface area contributed by atoms with Gasteiger partial charge in [0.2, 0.25) is 0 Å². The number of nitro groups is 1. The number of phenols is 1. The zero-order chi connectivity index (χ0) is 16.4. The quantitative estimate of drug-likeness (QED) is 0.442. The molecule has 0 heterocycles. The molecular weight excluding hydrogens is 393 g/mol. The Morgan fingerprint density at radius 3 is 2.59 bits per heavy atom. The molecule has 22 heavy (non-hydrogen) atoms. The van der Waals surface area contributed by atoms with E-state index in [1.807, 2.05) is 0 Å². The maximum atomic E-state index is 13.8. The summed E-state index contributed by atoms with van der Waals surface area (Å²) in [6, 6.07) is -0.401. The average Bonchev–Trinajstić information content (AvgIpc) is 2.40. The van der Waals surface area contributed by atoms with Gasteiger partial charge in [-0.25, -0.2) is 4.79 Å². The minimum Gasteiger partial charge on any atom is -0.502 e. The summed E-state index contributed by atoms with van der Waals surface area (Å²) in [4.78, 5) is 21.0. The molecule has 3 N–H and O–H groups in total. The zero-order valence-electron chi connectivity index (χ0n) is 11.1. The molecule has 11 heteroatoms. The van der Waals surface area contributed by atoms with Crippen LogP contribution < -0.4 is 5.73 Å². The number of nitrogens with zero attached hydrogens (tertiary/aromatic N) is 1. The zero-order valence-corrected chi connectivity index (χ0v) is 13.5. The number of alkyl halides is 2. The molecule has 124 valence electrons. The van der Waals surface area contributed by atoms with Crippen LogP contribution in [0.4, 0.5) is 14.5 Å². The number of esters is 1. The molecular formula is C11H12BrClF2N2O5. The van der Waals surface area contributed by atoms with E-state index in [4.69, 9.17) is 5.73 Å². The Hall–Kier alpha value is -1.52. The minimum atomic E-state index is -4.15. The lowest BCUT2D eigenvalue weighted by atomic mass is 9.99. The maximum Gasteiger partial charge on any atom is 0.379 e. The van der Waals surface area contributed by atoms with E-state index in [0.717, 1.165) is 12.1 Å². The molecule has 1 atom stereocenters. The van der Waals surface area contributed by atoms with E-state index in [0.29, 0.717) is 0 Å². The highest BCUT2D eigenvalue weighted by molar-refractivity contribution is 9.10. The molecule has 0 spiro atoms. The number of rotatable bonds is 5. The first kappa shape index (κ1) is 20.5. The van der Waals surface area contributed by atoms with Crippen LogP contribution in [0.5, 0.6) is 5.75 Å². The second-order valence-electron chi connectivity index (χ2n) is 3.94. The lowest BCUT2D eigenvalue weighted by molar-refractivity contribution is -0.386. The van der Waals surface area contributed by atoms with Gasteiger partial charge in [-0.05, 0) is 13.0 Å². The number of benzene rings is 1. The molecule has 1 aromatic rings. The number of halogens is 4. The molecule has 7 nitrogen and oxygen atoms in total. The SMILES string of the molecule is CCOC(=O)C(F)(F)[C@H](N)c1cc(Br)cc([N+](=O)[O-])c1O.Cl. The number of nitro benzene ring substituents is 1. The van der Waals surface area contributed by atoms with Gasteiger partial charge in [0.1, 0.15) is 6.04 Å². The Labute approximate surface area is 138 Å². The minimum absolute atomic E-state index is 0. The van der Waals surface area contributed by atoms with Crippen molar-refractivity contribution in [1.82, 2.24) is 0 Å². The summed E-state index contributed by atoms with van der Waals surface area (Å²) in [5, 5.41) is 20.4. The molecule has 0 amide bonds. The van der Waals surface area contributed by atoms with Crippen molar-refractivity contribution < 1.29 is 28.3 Å². The van der Waals surface area contributed by atoms with Gasteiger partial charge in [-0.1, -0.05) is 15.9 Å². The van der Waals surface area contributed by atoms with Crippen molar-refractivity contribution in [2.45, 2.75) is 18.9 Å². The fourth-order valence-electron chi connectivity index (χ4n) is 1.53. The number of phenolic OH excluding ortho intramolecular Hbond substituents is 1. The smallest absolute Gasteiger partial charge is 0.379 e. The highest BCUT2D eigenvalue weighted by Gasteiger charge is 2.49. The number of carbonyl (C=O) groups is 1. The Bertz CT molecular complexity index is 588. The van der Waals surface area contributed by atoms with Crippen LogP contribution in [0, 0.1) is 10.1 Å². The fourth-order valence-corrected chi connectivity index (χ4v) is 1.99. The van der Waals surface area contributed by atoms with Crippen LogP contribution in [0.1, 0.15) is 18.5 Å². The highest BCUT2D eigenvalue weighted by Crippen LogP contribution is 2.41. The molecule has 1 rings (SSSR count). The van der Waals surface area contributed by atoms with Crippen LogP contribution >= 0.6 is 28.3 Å². The molecule has 0 radical (unpaired) electrons. The van der Waals surface area contributed by atoms with E-state index >= 15 is 0 Å². The summed E-state index contributed by atoms with van der Waals surface area (Å²) in [6.07, 6.45) is 0. The van der Waals surface area contributed by atoms with Crippen molar-refractivity contribution >= 4 is 40.0 Å². The van der Waals surface area contributed by atoms with Crippen LogP contribution in [-0.4, -0.2) is 28.5 Å². The first-order valence-electron chi connectivity index (χ1n) is 5.60. The predicted octanol–water partition coefficient (Wildman–Crippen LogP) is 2.68. The largest absolute Gasteiger partial charge is 0.502 e. The first-order valence-corrected chi connectivity index (χ1v) is 6.39. The molecule has 0 saturated heterocycles. The van der Waals surface area contributed by atoms with Gasteiger partial charge in [0.05, 0.1) is 11.5 Å². The van der Waals surface area contributed by atoms with Crippen LogP contribution in [0.2, 0.25) is 0 Å². The molecule has 0 unspecified atom stereocenters. The number of carbonyl (C=O) groups excluding carboxylic acids is 1. The number of aromatic hydroxyl groups is 1. The Morgan fingerprint density at radius 1 is 1.59 bits per heavy atom. The fraction of sp³-hybridized carbons (Fsp3) is 0.364. The standard InChI is InChI=1S/C11H11BrF2N2O5.ClH/c1-2-21-10(18)11(13,14)9(15)6-3-5(12)4-7(8(6)17)16(19)20;/h3-4,9,17H,2,15H2,1H3;1H/t9-;/m1./s1. The van der Waals surface area contributed by atoms with Crippen LogP contribution in [0.3, 0.4) is 0 Å². The van der Waals surface area contributed by atoms with Crippen molar-refractivity contribution in [3.05, 3.63) is 32.3 Å². The van der Waals surface area contributed by atoms with Gasteiger partial charge in [0, 0.05) is 16.1 Å². The molecule has 0 bridgehead atoms. The molecule has 0 saturated carbocycles. The lowest BCUT2D eigenvalue weighted by Gasteiger charge is -2.22. The van der Waals surface area contributed by atoms with E-state index in [9.17, 15) is 28.8 Å². The third kappa shape index (κ3) is 4.02. The molecule has 0 aliphatic heterocycles. The van der Waals surface area contributed by atoms with Gasteiger partial charge in [-0.2, -0.15) is 8.78 Å². The topological polar surface area (TPSA) is 116 Å². The van der Waals surface area contributed by atoms with Crippen molar-refractivity contribution in [3.8, 4) is 5.75 Å². The van der Waals surface area contributed by atoms with Crippen LogP contribution in [-0.2, 0) is 9.53 Å². The Morgan fingerprint density at radius 2 is 2.14 bits per heavy atom. The molecule has 1 aromatic carbocycles. The molecule has 0 aliphatic carbocycles. The summed E-state index contributed by atoms with van der Waals surface area (Å²) in [5.74, 6) is -7.05. The van der Waals surface area contributed by atoms with Crippen LogP contribution in [0.25, 0.3) is 0 Å². The lowest BCUT2D eigenvalue weighted by Crippen LogP contribution is -2.41. The number of hydrogen-bond acceptors (Lipinski definition) is 6. The summed E-state index contributed by atoms with van der Waals surface area (Å²) < 4.78 is 31.9. The van der Waals surface area contributed by atoms with E-state index in [2.05, 4.69) is 20.7 Å². The third-order valence-electron chi connectivity index (χ3n) is 2.55. The normalized spacial score (nSPS) is 12.2. The van der Waals surface area contributed by atoms with Crippen molar-refractivity contribution in [1.29, 1.82) is 0 Å². The number of ether oxygens (including phenoxy) is 1. The average molecular weight is 406 g/mol. The number of hydrogen-bond donors (Lipinski definition) is 2. The van der Waals surface area contributed by atoms with Gasteiger partial charge in [-0.3, -0.25) is 10.1 Å². The van der Waals surface area contributed by atoms with Gasteiger partial charge < -0.3 is 15.6 Å². The van der Waals surface area contributed by atoms with Gasteiger partial charge in [-0.15, -0.1) is 12.4 Å². The number of nitrogens with two attached hydrogens (primary N) is 1.